The van der Waals surface area contributed by atoms with Gasteiger partial charge in [0, 0.05) is 11.6 Å². The molecule has 5 heteroatoms. The zero-order chi connectivity index (χ0) is 20.8. The van der Waals surface area contributed by atoms with Crippen molar-refractivity contribution in [2.75, 3.05) is 0 Å². The molecule has 0 saturated carbocycles. The highest BCUT2D eigenvalue weighted by molar-refractivity contribution is 6.05. The third-order valence-electron chi connectivity index (χ3n) is 4.74. The molecule has 0 radical (unpaired) electrons. The second kappa shape index (κ2) is 9.06. The Kier molecular flexibility index (Phi) is 6.29. The second-order valence-corrected chi connectivity index (χ2v) is 6.93. The van der Waals surface area contributed by atoms with Crippen molar-refractivity contribution in [3.63, 3.8) is 0 Å². The molecule has 0 spiro atoms. The molecule has 3 aromatic rings. The van der Waals surface area contributed by atoms with Crippen molar-refractivity contribution in [3.05, 3.63) is 101 Å². The molecule has 1 atom stereocenters. The Hall–Kier alpha value is -3.60. The zero-order valence-corrected chi connectivity index (χ0v) is 16.7. The monoisotopic (exact) mass is 388 g/mol. The average Bonchev–Trinajstić information content (AvgIpc) is 3.23. The van der Waals surface area contributed by atoms with Crippen LogP contribution in [0, 0.1) is 13.8 Å². The molecule has 0 aliphatic heterocycles. The Balaban J connectivity index is 1.80. The molecular weight excluding hydrogens is 364 g/mol. The van der Waals surface area contributed by atoms with Gasteiger partial charge in [0.05, 0.1) is 12.3 Å². The minimum absolute atomic E-state index is 0.115. The number of furan rings is 1. The summed E-state index contributed by atoms with van der Waals surface area (Å²) in [5, 5.41) is 5.65. The van der Waals surface area contributed by atoms with E-state index in [2.05, 4.69) is 16.7 Å². The quantitative estimate of drug-likeness (QED) is 0.609. The van der Waals surface area contributed by atoms with E-state index in [0.29, 0.717) is 11.3 Å². The fourth-order valence-electron chi connectivity index (χ4n) is 2.85. The highest BCUT2D eigenvalue weighted by Crippen LogP contribution is 2.17. The normalized spacial score (nSPS) is 12.3. The van der Waals surface area contributed by atoms with Gasteiger partial charge in [-0.3, -0.25) is 9.59 Å². The number of rotatable bonds is 6. The van der Waals surface area contributed by atoms with Gasteiger partial charge < -0.3 is 15.1 Å². The van der Waals surface area contributed by atoms with Crippen LogP contribution in [0.1, 0.15) is 45.8 Å². The van der Waals surface area contributed by atoms with E-state index in [0.717, 1.165) is 11.1 Å². The van der Waals surface area contributed by atoms with Crippen molar-refractivity contribution in [1.82, 2.24) is 10.6 Å². The first-order valence-corrected chi connectivity index (χ1v) is 9.43. The van der Waals surface area contributed by atoms with Gasteiger partial charge in [-0.15, -0.1) is 0 Å². The maximum Gasteiger partial charge on any atom is 0.268 e. The third-order valence-corrected chi connectivity index (χ3v) is 4.74. The molecule has 2 aromatic carbocycles. The molecule has 0 saturated heterocycles. The van der Waals surface area contributed by atoms with Crippen LogP contribution < -0.4 is 10.6 Å². The lowest BCUT2D eigenvalue weighted by atomic mass is 10.0. The molecule has 3 rings (SSSR count). The molecule has 0 fully saturated rings. The van der Waals surface area contributed by atoms with Gasteiger partial charge in [-0.05, 0) is 61.7 Å². The summed E-state index contributed by atoms with van der Waals surface area (Å²) >= 11 is 0. The van der Waals surface area contributed by atoms with Crippen LogP contribution in [0.4, 0.5) is 0 Å². The van der Waals surface area contributed by atoms with Crippen LogP contribution in [-0.2, 0) is 4.79 Å². The lowest BCUT2D eigenvalue weighted by Crippen LogP contribution is -2.36. The maximum atomic E-state index is 12.9. The predicted octanol–water partition coefficient (Wildman–Crippen LogP) is 4.54. The summed E-state index contributed by atoms with van der Waals surface area (Å²) in [7, 11) is 0. The van der Waals surface area contributed by atoms with E-state index in [1.807, 2.05) is 39.0 Å². The molecule has 1 heterocycles. The maximum absolute atomic E-state index is 12.9. The van der Waals surface area contributed by atoms with Gasteiger partial charge in [-0.25, -0.2) is 0 Å². The topological polar surface area (TPSA) is 71.3 Å². The van der Waals surface area contributed by atoms with Crippen molar-refractivity contribution in [2.45, 2.75) is 26.8 Å². The Morgan fingerprint density at radius 1 is 0.966 bits per heavy atom. The molecule has 5 nitrogen and oxygen atoms in total. The number of carbonyl (C=O) groups excluding carboxylic acids is 2. The van der Waals surface area contributed by atoms with Crippen molar-refractivity contribution in [2.24, 2.45) is 0 Å². The van der Waals surface area contributed by atoms with Gasteiger partial charge in [-0.2, -0.15) is 0 Å². The van der Waals surface area contributed by atoms with E-state index < -0.39 is 5.91 Å². The summed E-state index contributed by atoms with van der Waals surface area (Å²) in [6.07, 6.45) is 3.03. The van der Waals surface area contributed by atoms with Crippen LogP contribution in [-0.4, -0.2) is 11.8 Å². The van der Waals surface area contributed by atoms with E-state index in [1.54, 1.807) is 36.4 Å². The highest BCUT2D eigenvalue weighted by Gasteiger charge is 2.18. The van der Waals surface area contributed by atoms with Crippen LogP contribution in [0.3, 0.4) is 0 Å². The van der Waals surface area contributed by atoms with Crippen molar-refractivity contribution in [1.29, 1.82) is 0 Å². The van der Waals surface area contributed by atoms with E-state index >= 15 is 0 Å². The van der Waals surface area contributed by atoms with Gasteiger partial charge >= 0.3 is 0 Å². The van der Waals surface area contributed by atoms with Gasteiger partial charge in [0.15, 0.2) is 0 Å². The largest absolute Gasteiger partial charge is 0.465 e. The summed E-state index contributed by atoms with van der Waals surface area (Å²) < 4.78 is 5.31. The number of amides is 2. The molecule has 0 aliphatic carbocycles. The predicted molar refractivity (Wildman–Crippen MR) is 113 cm³/mol. The SMILES string of the molecule is Cc1ccc(C(C)NC(=O)/C(=C/c2ccco2)NC(=O)c2ccccc2)cc1C. The number of carbonyl (C=O) groups is 2. The standard InChI is InChI=1S/C24H24N2O3/c1-16-11-12-20(14-17(16)2)18(3)25-24(28)22(15-21-10-7-13-29-21)26-23(27)19-8-5-4-6-9-19/h4-15,18H,1-3H3,(H,25,28)(H,26,27)/b22-15-. The van der Waals surface area contributed by atoms with Crippen LogP contribution in [0.2, 0.25) is 0 Å². The number of benzene rings is 2. The number of hydrogen-bond donors (Lipinski definition) is 2. The van der Waals surface area contributed by atoms with E-state index in [1.165, 1.54) is 17.9 Å². The first kappa shape index (κ1) is 20.1. The minimum Gasteiger partial charge on any atom is -0.465 e. The van der Waals surface area contributed by atoms with Crippen LogP contribution >= 0.6 is 0 Å². The fourth-order valence-corrected chi connectivity index (χ4v) is 2.85. The van der Waals surface area contributed by atoms with Crippen LogP contribution in [0.5, 0.6) is 0 Å². The smallest absolute Gasteiger partial charge is 0.268 e. The fraction of sp³-hybridized carbons (Fsp3) is 0.167. The lowest BCUT2D eigenvalue weighted by molar-refractivity contribution is -0.118. The van der Waals surface area contributed by atoms with Crippen LogP contribution in [0.15, 0.2) is 77.0 Å². The van der Waals surface area contributed by atoms with Gasteiger partial charge in [0.2, 0.25) is 0 Å². The minimum atomic E-state index is -0.392. The molecule has 1 aromatic heterocycles. The molecule has 0 aliphatic rings. The molecule has 2 N–H and O–H groups in total. The highest BCUT2D eigenvalue weighted by atomic mass is 16.3. The first-order valence-electron chi connectivity index (χ1n) is 9.43. The van der Waals surface area contributed by atoms with E-state index in [4.69, 9.17) is 4.42 Å². The lowest BCUT2D eigenvalue weighted by Gasteiger charge is -2.17. The number of nitrogens with one attached hydrogen (secondary N) is 2. The van der Waals surface area contributed by atoms with Gasteiger partial charge in [0.1, 0.15) is 11.5 Å². The number of aryl methyl sites for hydroxylation is 2. The average molecular weight is 388 g/mol. The summed E-state index contributed by atoms with van der Waals surface area (Å²) in [5.74, 6) is -0.281. The summed E-state index contributed by atoms with van der Waals surface area (Å²) in [5.41, 5.74) is 3.93. The Morgan fingerprint density at radius 3 is 2.38 bits per heavy atom. The van der Waals surface area contributed by atoms with E-state index in [-0.39, 0.29) is 17.6 Å². The molecule has 148 valence electrons. The Labute approximate surface area is 170 Å². The Bertz CT molecular complexity index is 1020. The Morgan fingerprint density at radius 2 is 1.72 bits per heavy atom. The number of hydrogen-bond acceptors (Lipinski definition) is 3. The molecule has 2 amide bonds. The van der Waals surface area contributed by atoms with Crippen LogP contribution in [0.25, 0.3) is 6.08 Å². The zero-order valence-electron chi connectivity index (χ0n) is 16.7. The third kappa shape index (κ3) is 5.23. The summed E-state index contributed by atoms with van der Waals surface area (Å²) in [6, 6.07) is 18.0. The van der Waals surface area contributed by atoms with Gasteiger partial charge in [0.25, 0.3) is 11.8 Å². The second-order valence-electron chi connectivity index (χ2n) is 6.93. The van der Waals surface area contributed by atoms with E-state index in [9.17, 15) is 9.59 Å². The molecule has 1 unspecified atom stereocenters. The molecule has 0 bridgehead atoms. The summed E-state index contributed by atoms with van der Waals surface area (Å²) in [6.45, 7) is 5.99. The summed E-state index contributed by atoms with van der Waals surface area (Å²) in [4.78, 5) is 25.5. The first-order chi connectivity index (χ1) is 13.9. The van der Waals surface area contributed by atoms with Crippen molar-refractivity contribution in [3.8, 4) is 0 Å². The molecular formula is C24H24N2O3. The van der Waals surface area contributed by atoms with Gasteiger partial charge in [-0.1, -0.05) is 36.4 Å². The molecule has 29 heavy (non-hydrogen) atoms. The van der Waals surface area contributed by atoms with Crippen molar-refractivity contribution < 1.29 is 14.0 Å². The van der Waals surface area contributed by atoms with Crippen molar-refractivity contribution >= 4 is 17.9 Å².